The highest BCUT2D eigenvalue weighted by atomic mass is 19.1. The summed E-state index contributed by atoms with van der Waals surface area (Å²) in [7, 11) is 1.78. The van der Waals surface area contributed by atoms with Crippen molar-refractivity contribution in [3.05, 3.63) is 80.5 Å². The number of para-hydroxylation sites is 1. The number of nitrogens with zero attached hydrogens (tertiary/aromatic N) is 3. The molecule has 36 heavy (non-hydrogen) atoms. The predicted molar refractivity (Wildman–Crippen MR) is 134 cm³/mol. The Morgan fingerprint density at radius 2 is 1.78 bits per heavy atom. The number of nitrogens with one attached hydrogen (secondary N) is 2. The summed E-state index contributed by atoms with van der Waals surface area (Å²) in [5.74, 6) is -2.23. The van der Waals surface area contributed by atoms with Gasteiger partial charge in [0.15, 0.2) is 11.5 Å². The number of aromatic amines is 1. The molecule has 4 aromatic rings. The molecular weight excluding hydrogens is 468 g/mol. The molecule has 1 amide bonds. The highest BCUT2D eigenvalue weighted by Crippen LogP contribution is 2.36. The fourth-order valence-corrected chi connectivity index (χ4v) is 4.55. The van der Waals surface area contributed by atoms with Crippen molar-refractivity contribution in [1.29, 1.82) is 0 Å². The van der Waals surface area contributed by atoms with Gasteiger partial charge in [0.2, 0.25) is 5.91 Å². The maximum Gasteiger partial charge on any atom is 0.334 e. The molecule has 1 aliphatic heterocycles. The number of anilines is 2. The maximum absolute atomic E-state index is 15.4. The Labute approximate surface area is 204 Å². The number of rotatable bonds is 1. The number of hydrogen-bond acceptors (Lipinski definition) is 5. The van der Waals surface area contributed by atoms with Crippen LogP contribution in [-0.2, 0) is 4.79 Å². The van der Waals surface area contributed by atoms with Crippen LogP contribution in [0, 0.1) is 11.6 Å². The summed E-state index contributed by atoms with van der Waals surface area (Å²) in [6.45, 7) is 4.17. The Morgan fingerprint density at radius 3 is 2.53 bits per heavy atom. The van der Waals surface area contributed by atoms with Crippen LogP contribution in [0.25, 0.3) is 28.0 Å². The highest BCUT2D eigenvalue weighted by Gasteiger charge is 2.25. The summed E-state index contributed by atoms with van der Waals surface area (Å²) in [5.41, 5.74) is -0.534. The van der Waals surface area contributed by atoms with Crippen molar-refractivity contribution in [3.63, 3.8) is 0 Å². The van der Waals surface area contributed by atoms with E-state index in [1.807, 2.05) is 30.9 Å². The van der Waals surface area contributed by atoms with Gasteiger partial charge in [-0.2, -0.15) is 0 Å². The van der Waals surface area contributed by atoms with Gasteiger partial charge in [-0.15, -0.1) is 0 Å². The molecule has 8 nitrogen and oxygen atoms in total. The van der Waals surface area contributed by atoms with Crippen LogP contribution in [0.2, 0.25) is 0 Å². The largest absolute Gasteiger partial charge is 0.372 e. The Morgan fingerprint density at radius 1 is 1.03 bits per heavy atom. The van der Waals surface area contributed by atoms with Gasteiger partial charge >= 0.3 is 5.69 Å². The lowest BCUT2D eigenvalue weighted by atomic mass is 9.99. The monoisotopic (exact) mass is 491 g/mol. The summed E-state index contributed by atoms with van der Waals surface area (Å²) < 4.78 is 31.7. The van der Waals surface area contributed by atoms with Crippen LogP contribution in [0.1, 0.15) is 31.7 Å². The predicted octanol–water partition coefficient (Wildman–Crippen LogP) is 3.92. The number of aromatic nitrogens is 3. The lowest BCUT2D eigenvalue weighted by molar-refractivity contribution is -0.116. The number of carbonyl (C=O) groups is 1. The Kier molecular flexibility index (Phi) is 5.66. The molecule has 184 valence electrons. The zero-order chi connectivity index (χ0) is 25.7. The second-order valence-corrected chi connectivity index (χ2v) is 9.04. The van der Waals surface area contributed by atoms with E-state index in [1.54, 1.807) is 13.1 Å². The highest BCUT2D eigenvalue weighted by molar-refractivity contribution is 5.96. The molecule has 0 unspecified atom stereocenters. The molecule has 0 radical (unpaired) electrons. The molecule has 0 saturated heterocycles. The van der Waals surface area contributed by atoms with Crippen LogP contribution in [-0.4, -0.2) is 34.0 Å². The summed E-state index contributed by atoms with van der Waals surface area (Å²) in [4.78, 5) is 47.2. The molecule has 0 fully saturated rings. The number of hydrogen-bond donors (Lipinski definition) is 2. The van der Waals surface area contributed by atoms with E-state index in [2.05, 4.69) is 15.3 Å². The van der Waals surface area contributed by atoms with Gasteiger partial charge in [0.25, 0.3) is 5.56 Å². The minimum Gasteiger partial charge on any atom is -0.372 e. The standard InChI is InChI=1S/C26H23F2N5O3/c1-13(2)14-6-4-9-19-23(14)33-24-15(25(35)31-26(33)36)12-17(28)22(30-24)21-16(27)7-5-8-18(21)29-20(34)10-11-32(19)3/h4-9,12-13H,10-11H2,1-3H3,(H,29,34)(H,31,35,36). The molecule has 10 heteroatoms. The van der Waals surface area contributed by atoms with Gasteiger partial charge in [-0.3, -0.25) is 14.6 Å². The molecule has 2 aromatic heterocycles. The Hall–Kier alpha value is -4.34. The normalized spacial score (nSPS) is 13.6. The fourth-order valence-electron chi connectivity index (χ4n) is 4.55. The van der Waals surface area contributed by atoms with E-state index in [9.17, 15) is 14.4 Å². The minimum absolute atomic E-state index is 0.0340. The van der Waals surface area contributed by atoms with Gasteiger partial charge in [-0.25, -0.2) is 23.1 Å². The molecule has 2 aromatic carbocycles. The minimum atomic E-state index is -0.969. The molecule has 0 aliphatic carbocycles. The first-order valence-corrected chi connectivity index (χ1v) is 11.5. The quantitative estimate of drug-likeness (QED) is 0.421. The van der Waals surface area contributed by atoms with Crippen molar-refractivity contribution in [3.8, 4) is 16.9 Å². The Bertz CT molecular complexity index is 1660. The third-order valence-electron chi connectivity index (χ3n) is 6.34. The molecule has 1 aliphatic rings. The fraction of sp³-hybridized carbons (Fsp3) is 0.231. The smallest absolute Gasteiger partial charge is 0.334 e. The summed E-state index contributed by atoms with van der Waals surface area (Å²) in [6, 6.07) is 10.4. The van der Waals surface area contributed by atoms with E-state index in [0.29, 0.717) is 11.4 Å². The summed E-state index contributed by atoms with van der Waals surface area (Å²) in [6.07, 6.45) is 0.0429. The third kappa shape index (κ3) is 3.74. The van der Waals surface area contributed by atoms with Gasteiger partial charge in [0.05, 0.1) is 28.0 Å². The van der Waals surface area contributed by atoms with Crippen molar-refractivity contribution >= 4 is 28.3 Å². The molecule has 2 N–H and O–H groups in total. The summed E-state index contributed by atoms with van der Waals surface area (Å²) in [5, 5.41) is 2.48. The zero-order valence-electron chi connectivity index (χ0n) is 19.9. The van der Waals surface area contributed by atoms with Crippen LogP contribution >= 0.6 is 0 Å². The number of H-pyrrole nitrogens is 1. The van der Waals surface area contributed by atoms with E-state index >= 15 is 8.78 Å². The van der Waals surface area contributed by atoms with Crippen molar-refractivity contribution in [2.24, 2.45) is 0 Å². The average Bonchev–Trinajstić information content (AvgIpc) is 2.83. The van der Waals surface area contributed by atoms with E-state index in [1.165, 1.54) is 16.7 Å². The van der Waals surface area contributed by atoms with Crippen molar-refractivity contribution in [2.45, 2.75) is 26.2 Å². The van der Waals surface area contributed by atoms with Gasteiger partial charge in [-0.05, 0) is 35.7 Å². The topological polar surface area (TPSA) is 100 Å². The number of benzene rings is 2. The molecular formula is C26H23F2N5O3. The van der Waals surface area contributed by atoms with E-state index in [4.69, 9.17) is 0 Å². The van der Waals surface area contributed by atoms with Crippen LogP contribution in [0.3, 0.4) is 0 Å². The van der Waals surface area contributed by atoms with Crippen LogP contribution in [0.5, 0.6) is 0 Å². The van der Waals surface area contributed by atoms with E-state index in [-0.39, 0.29) is 41.2 Å². The van der Waals surface area contributed by atoms with Crippen molar-refractivity contribution < 1.29 is 13.6 Å². The second kappa shape index (κ2) is 8.71. The molecule has 5 rings (SSSR count). The number of carbonyl (C=O) groups excluding carboxylic acids is 1. The maximum atomic E-state index is 15.4. The lowest BCUT2D eigenvalue weighted by Gasteiger charge is -2.26. The number of halogens is 2. The Balaban J connectivity index is 2.01. The van der Waals surface area contributed by atoms with E-state index in [0.717, 1.165) is 17.7 Å². The van der Waals surface area contributed by atoms with Crippen molar-refractivity contribution in [1.82, 2.24) is 14.5 Å². The number of amides is 1. The van der Waals surface area contributed by atoms with E-state index < -0.39 is 34.5 Å². The number of fused-ring (bicyclic) bond motifs is 5. The molecule has 0 saturated carbocycles. The zero-order valence-corrected chi connectivity index (χ0v) is 19.9. The van der Waals surface area contributed by atoms with Gasteiger partial charge in [0, 0.05) is 20.0 Å². The molecule has 0 atom stereocenters. The van der Waals surface area contributed by atoms with Crippen LogP contribution in [0.15, 0.2) is 52.1 Å². The molecule has 0 spiro atoms. The van der Waals surface area contributed by atoms with Gasteiger partial charge in [-0.1, -0.05) is 32.0 Å². The first-order valence-electron chi connectivity index (χ1n) is 11.5. The van der Waals surface area contributed by atoms with Crippen LogP contribution in [0.4, 0.5) is 20.2 Å². The number of pyridine rings is 1. The summed E-state index contributed by atoms with van der Waals surface area (Å²) >= 11 is 0. The SMILES string of the molecule is CC(C)c1cccc2c1-n1c(=O)[nH]c(=O)c3cc(F)c(nc31)-c1c(F)cccc1NC(=O)CCN2C. The van der Waals surface area contributed by atoms with Gasteiger partial charge < -0.3 is 10.2 Å². The first kappa shape index (κ1) is 23.4. The van der Waals surface area contributed by atoms with Gasteiger partial charge in [0.1, 0.15) is 11.5 Å². The molecule has 3 heterocycles. The average molecular weight is 491 g/mol. The first-order chi connectivity index (χ1) is 17.2. The lowest BCUT2D eigenvalue weighted by Crippen LogP contribution is -2.32. The second-order valence-electron chi connectivity index (χ2n) is 9.04. The molecule has 2 bridgehead atoms. The third-order valence-corrected chi connectivity index (χ3v) is 6.34. The van der Waals surface area contributed by atoms with Crippen molar-refractivity contribution in [2.75, 3.05) is 23.8 Å². The van der Waals surface area contributed by atoms with Crippen LogP contribution < -0.4 is 21.5 Å².